The van der Waals surface area contributed by atoms with E-state index in [9.17, 15) is 10.5 Å². The third kappa shape index (κ3) is 5.79. The third-order valence-electron chi connectivity index (χ3n) is 13.4. The van der Waals surface area contributed by atoms with E-state index >= 15 is 0 Å². The zero-order valence-electron chi connectivity index (χ0n) is 35.0. The molecule has 9 aromatic rings. The van der Waals surface area contributed by atoms with Crippen molar-refractivity contribution in [3.05, 3.63) is 257 Å². The lowest BCUT2D eigenvalue weighted by atomic mass is 9.67. The number of rotatable bonds is 7. The van der Waals surface area contributed by atoms with Crippen LogP contribution in [-0.2, 0) is 10.8 Å². The van der Waals surface area contributed by atoms with E-state index < -0.39 is 5.41 Å². The first kappa shape index (κ1) is 37.7. The second-order valence-corrected chi connectivity index (χ2v) is 17.1. The largest absolute Gasteiger partial charge is 0.310 e. The van der Waals surface area contributed by atoms with Gasteiger partial charge in [0.15, 0.2) is 0 Å². The molecule has 0 spiro atoms. The summed E-state index contributed by atoms with van der Waals surface area (Å²) in [7, 11) is 0. The van der Waals surface area contributed by atoms with Crippen LogP contribution in [0.25, 0.3) is 44.5 Å². The molecule has 0 fully saturated rings. The molecule has 2 aliphatic rings. The first-order chi connectivity index (χ1) is 30.9. The van der Waals surface area contributed by atoms with Gasteiger partial charge in [-0.05, 0) is 139 Å². The summed E-state index contributed by atoms with van der Waals surface area (Å²) in [4.78, 5) is 2.35. The fraction of sp³-hybridized carbons (Fsp3) is 0.0667. The molecule has 9 aromatic carbocycles. The van der Waals surface area contributed by atoms with Gasteiger partial charge in [-0.3, -0.25) is 0 Å². The lowest BCUT2D eigenvalue weighted by molar-refractivity contribution is 0.660. The Morgan fingerprint density at radius 3 is 1.48 bits per heavy atom. The maximum atomic E-state index is 9.86. The monoisotopic (exact) mass is 803 g/mol. The molecule has 0 amide bonds. The fourth-order valence-electron chi connectivity index (χ4n) is 10.5. The molecule has 11 rings (SSSR count). The lowest BCUT2D eigenvalue weighted by Crippen LogP contribution is -2.28. The van der Waals surface area contributed by atoms with E-state index in [0.29, 0.717) is 11.1 Å². The summed E-state index contributed by atoms with van der Waals surface area (Å²) < 4.78 is 0. The van der Waals surface area contributed by atoms with Gasteiger partial charge < -0.3 is 4.90 Å². The molecule has 0 saturated heterocycles. The number of hydrogen-bond acceptors (Lipinski definition) is 3. The van der Waals surface area contributed by atoms with Crippen molar-refractivity contribution in [2.24, 2.45) is 0 Å². The van der Waals surface area contributed by atoms with Crippen LogP contribution in [0.4, 0.5) is 17.1 Å². The van der Waals surface area contributed by atoms with Gasteiger partial charge in [0.1, 0.15) is 0 Å². The third-order valence-corrected chi connectivity index (χ3v) is 13.4. The molecule has 0 aromatic heterocycles. The summed E-state index contributed by atoms with van der Waals surface area (Å²) in [6.45, 7) is 4.65. The molecule has 0 heterocycles. The Hall–Kier alpha value is -8.24. The van der Waals surface area contributed by atoms with Crippen LogP contribution in [0.1, 0.15) is 58.4 Å². The van der Waals surface area contributed by atoms with Crippen LogP contribution in [0.5, 0.6) is 0 Å². The fourth-order valence-corrected chi connectivity index (χ4v) is 10.5. The molecule has 0 radical (unpaired) electrons. The van der Waals surface area contributed by atoms with E-state index in [0.717, 1.165) is 44.9 Å². The topological polar surface area (TPSA) is 50.8 Å². The number of benzene rings is 9. The van der Waals surface area contributed by atoms with Crippen molar-refractivity contribution in [1.82, 2.24) is 0 Å². The Morgan fingerprint density at radius 2 is 0.857 bits per heavy atom. The summed E-state index contributed by atoms with van der Waals surface area (Å²) in [6, 6.07) is 80.4. The Bertz CT molecular complexity index is 3260. The van der Waals surface area contributed by atoms with E-state index in [2.05, 4.69) is 219 Å². The Balaban J connectivity index is 1.23. The predicted octanol–water partition coefficient (Wildman–Crippen LogP) is 14.9. The van der Waals surface area contributed by atoms with Gasteiger partial charge in [0.25, 0.3) is 0 Å². The van der Waals surface area contributed by atoms with E-state index in [1.54, 1.807) is 0 Å². The zero-order chi connectivity index (χ0) is 42.7. The van der Waals surface area contributed by atoms with Crippen LogP contribution in [0, 0.1) is 22.7 Å². The molecular formula is C60H41N3. The van der Waals surface area contributed by atoms with Crippen molar-refractivity contribution in [3.8, 4) is 56.6 Å². The van der Waals surface area contributed by atoms with Gasteiger partial charge >= 0.3 is 0 Å². The summed E-state index contributed by atoms with van der Waals surface area (Å²) in [5, 5.41) is 19.7. The average Bonchev–Trinajstić information content (AvgIpc) is 3.77. The molecule has 296 valence electrons. The number of fused-ring (bicyclic) bond motifs is 6. The molecule has 0 saturated carbocycles. The van der Waals surface area contributed by atoms with Gasteiger partial charge in [-0.25, -0.2) is 0 Å². The van der Waals surface area contributed by atoms with Gasteiger partial charge in [-0.15, -0.1) is 0 Å². The molecule has 0 bridgehead atoms. The standard InChI is InChI=1S/C60H41N3/c1-59(2)53-21-13-12-20-50(53)51-32-30-47(36-55(51)59)63(46-28-24-41(39-62)25-29-46)48-31-33-52-56(37-48)60(44-16-8-4-9-17-44,45-18-10-5-11-19-45)54-35-34-49(42-14-6-3-7-15-42)57(58(52)54)43-26-22-40(38-61)23-27-43/h3-37H,1-2H3. The van der Waals surface area contributed by atoms with Crippen molar-refractivity contribution in [2.75, 3.05) is 4.90 Å². The smallest absolute Gasteiger partial charge is 0.0991 e. The van der Waals surface area contributed by atoms with E-state index in [-0.39, 0.29) is 5.41 Å². The molecule has 0 N–H and O–H groups in total. The van der Waals surface area contributed by atoms with E-state index in [1.807, 2.05) is 24.3 Å². The Labute approximate surface area is 369 Å². The molecule has 63 heavy (non-hydrogen) atoms. The van der Waals surface area contributed by atoms with E-state index in [4.69, 9.17) is 0 Å². The molecule has 2 aliphatic carbocycles. The predicted molar refractivity (Wildman–Crippen MR) is 256 cm³/mol. The van der Waals surface area contributed by atoms with Crippen molar-refractivity contribution >= 4 is 17.1 Å². The molecule has 0 atom stereocenters. The molecule has 0 unspecified atom stereocenters. The number of hydrogen-bond donors (Lipinski definition) is 0. The van der Waals surface area contributed by atoms with Gasteiger partial charge in [0.05, 0.1) is 28.7 Å². The SMILES string of the molecule is CC1(C)c2ccccc2-c2ccc(N(c3ccc(C#N)cc3)c3ccc4c(c3)C(c3ccccc3)(c3ccccc3)c3ccc(-c5ccccc5)c(-c5ccc(C#N)cc5)c3-4)cc21. The Morgan fingerprint density at radius 1 is 0.365 bits per heavy atom. The first-order valence-corrected chi connectivity index (χ1v) is 21.5. The quantitative estimate of drug-likeness (QED) is 0.161. The highest BCUT2D eigenvalue weighted by Crippen LogP contribution is 2.61. The highest BCUT2D eigenvalue weighted by atomic mass is 15.1. The molecule has 0 aliphatic heterocycles. The van der Waals surface area contributed by atoms with Crippen molar-refractivity contribution in [3.63, 3.8) is 0 Å². The second-order valence-electron chi connectivity index (χ2n) is 17.1. The molecule has 3 nitrogen and oxygen atoms in total. The molecular weight excluding hydrogens is 763 g/mol. The number of nitriles is 2. The van der Waals surface area contributed by atoms with Gasteiger partial charge in [-0.2, -0.15) is 10.5 Å². The average molecular weight is 804 g/mol. The minimum atomic E-state index is -0.697. The van der Waals surface area contributed by atoms with Crippen molar-refractivity contribution in [1.29, 1.82) is 10.5 Å². The van der Waals surface area contributed by atoms with Crippen LogP contribution in [0.15, 0.2) is 212 Å². The zero-order valence-corrected chi connectivity index (χ0v) is 35.0. The van der Waals surface area contributed by atoms with Crippen LogP contribution in [0.2, 0.25) is 0 Å². The summed E-state index contributed by atoms with van der Waals surface area (Å²) >= 11 is 0. The van der Waals surface area contributed by atoms with Crippen molar-refractivity contribution in [2.45, 2.75) is 24.7 Å². The van der Waals surface area contributed by atoms with Gasteiger partial charge in [-0.1, -0.05) is 166 Å². The highest BCUT2D eigenvalue weighted by molar-refractivity contribution is 6.02. The second kappa shape index (κ2) is 14.7. The highest BCUT2D eigenvalue weighted by Gasteiger charge is 2.48. The maximum absolute atomic E-state index is 9.86. The van der Waals surface area contributed by atoms with Gasteiger partial charge in [0.2, 0.25) is 0 Å². The number of nitrogens with zero attached hydrogens (tertiary/aromatic N) is 3. The van der Waals surface area contributed by atoms with Gasteiger partial charge in [0, 0.05) is 22.5 Å². The minimum Gasteiger partial charge on any atom is -0.310 e. The summed E-state index contributed by atoms with van der Waals surface area (Å²) in [6.07, 6.45) is 0. The summed E-state index contributed by atoms with van der Waals surface area (Å²) in [5.74, 6) is 0. The van der Waals surface area contributed by atoms with Crippen LogP contribution >= 0.6 is 0 Å². The van der Waals surface area contributed by atoms with Crippen LogP contribution < -0.4 is 4.90 Å². The first-order valence-electron chi connectivity index (χ1n) is 21.5. The Kier molecular flexibility index (Phi) is 8.83. The molecule has 3 heteroatoms. The van der Waals surface area contributed by atoms with E-state index in [1.165, 1.54) is 50.1 Å². The van der Waals surface area contributed by atoms with Crippen LogP contribution in [-0.4, -0.2) is 0 Å². The lowest BCUT2D eigenvalue weighted by Gasteiger charge is -2.35. The summed E-state index contributed by atoms with van der Waals surface area (Å²) in [5.41, 5.74) is 20.1. The van der Waals surface area contributed by atoms with Crippen LogP contribution in [0.3, 0.4) is 0 Å². The number of anilines is 3. The van der Waals surface area contributed by atoms with Crippen molar-refractivity contribution < 1.29 is 0 Å². The maximum Gasteiger partial charge on any atom is 0.0991 e. The normalized spacial score (nSPS) is 13.5. The minimum absolute atomic E-state index is 0.189.